The number of hydrogen-bond acceptors (Lipinski definition) is 3. The monoisotopic (exact) mass is 247 g/mol. The Bertz CT molecular complexity index is 468. The Kier molecular flexibility index (Phi) is 2.96. The van der Waals surface area contributed by atoms with E-state index in [1.807, 2.05) is 18.2 Å². The summed E-state index contributed by atoms with van der Waals surface area (Å²) in [6.07, 6.45) is 1.69. The molecular formula is C14H17NO3. The quantitative estimate of drug-likeness (QED) is 0.888. The summed E-state index contributed by atoms with van der Waals surface area (Å²) in [6, 6.07) is 5.83. The van der Waals surface area contributed by atoms with Crippen molar-refractivity contribution in [1.82, 2.24) is 0 Å². The summed E-state index contributed by atoms with van der Waals surface area (Å²) in [5, 5.41) is 2.94. The first-order valence-electron chi connectivity index (χ1n) is 6.38. The zero-order valence-corrected chi connectivity index (χ0v) is 10.4. The van der Waals surface area contributed by atoms with E-state index in [9.17, 15) is 4.79 Å². The maximum Gasteiger partial charge on any atom is 0.224 e. The lowest BCUT2D eigenvalue weighted by Gasteiger charge is -2.25. The molecule has 2 aliphatic rings. The van der Waals surface area contributed by atoms with Gasteiger partial charge in [0.1, 0.15) is 11.9 Å². The molecule has 18 heavy (non-hydrogen) atoms. The number of ether oxygens (including phenoxy) is 2. The number of carbonyl (C=O) groups excluding carboxylic acids is 1. The average Bonchev–Trinajstić information content (AvgIpc) is 2.63. The molecule has 1 N–H and O–H groups in total. The van der Waals surface area contributed by atoms with Crippen molar-refractivity contribution < 1.29 is 14.3 Å². The lowest BCUT2D eigenvalue weighted by molar-refractivity contribution is -0.121. The standard InChI is InChI=1S/C14H17NO3/c1-9-4-11-6-12(2-3-13(11)18-9)15-14(16)5-10-7-17-8-10/h2-3,6,9-10H,4-5,7-8H2,1H3,(H,15,16). The highest BCUT2D eigenvalue weighted by molar-refractivity contribution is 5.91. The lowest BCUT2D eigenvalue weighted by Crippen LogP contribution is -2.31. The van der Waals surface area contributed by atoms with Gasteiger partial charge in [-0.2, -0.15) is 0 Å². The molecule has 2 aliphatic heterocycles. The minimum absolute atomic E-state index is 0.0650. The van der Waals surface area contributed by atoms with Gasteiger partial charge in [0.2, 0.25) is 5.91 Å². The van der Waals surface area contributed by atoms with Crippen LogP contribution in [0.3, 0.4) is 0 Å². The zero-order chi connectivity index (χ0) is 12.5. The van der Waals surface area contributed by atoms with E-state index in [2.05, 4.69) is 12.2 Å². The molecule has 4 nitrogen and oxygen atoms in total. The van der Waals surface area contributed by atoms with E-state index in [4.69, 9.17) is 9.47 Å². The molecule has 2 heterocycles. The van der Waals surface area contributed by atoms with Gasteiger partial charge >= 0.3 is 0 Å². The third-order valence-electron chi connectivity index (χ3n) is 3.36. The van der Waals surface area contributed by atoms with E-state index in [1.54, 1.807) is 0 Å². The van der Waals surface area contributed by atoms with Crippen molar-refractivity contribution in [2.45, 2.75) is 25.9 Å². The number of fused-ring (bicyclic) bond motifs is 1. The molecule has 1 atom stereocenters. The van der Waals surface area contributed by atoms with Gasteiger partial charge in [0.15, 0.2) is 0 Å². The number of carbonyl (C=O) groups is 1. The molecule has 4 heteroatoms. The van der Waals surface area contributed by atoms with Crippen molar-refractivity contribution in [3.05, 3.63) is 23.8 Å². The Morgan fingerprint density at radius 3 is 3.00 bits per heavy atom. The molecule has 0 aliphatic carbocycles. The van der Waals surface area contributed by atoms with Crippen LogP contribution in [-0.4, -0.2) is 25.2 Å². The number of nitrogens with one attached hydrogen (secondary N) is 1. The van der Waals surface area contributed by atoms with Gasteiger partial charge < -0.3 is 14.8 Å². The molecule has 1 aromatic rings. The van der Waals surface area contributed by atoms with Gasteiger partial charge in [-0.1, -0.05) is 0 Å². The van der Waals surface area contributed by atoms with E-state index in [0.717, 1.165) is 17.9 Å². The second kappa shape index (κ2) is 4.61. The van der Waals surface area contributed by atoms with Gasteiger partial charge in [0.05, 0.1) is 13.2 Å². The molecule has 0 bridgehead atoms. The van der Waals surface area contributed by atoms with Gasteiger partial charge in [-0.25, -0.2) is 0 Å². The molecule has 1 fully saturated rings. The molecule has 3 rings (SSSR count). The molecule has 1 aromatic carbocycles. The molecule has 1 amide bonds. The predicted molar refractivity (Wildman–Crippen MR) is 67.8 cm³/mol. The van der Waals surface area contributed by atoms with Crippen molar-refractivity contribution in [2.24, 2.45) is 5.92 Å². The third-order valence-corrected chi connectivity index (χ3v) is 3.36. The summed E-state index contributed by atoms with van der Waals surface area (Å²) >= 11 is 0. The molecule has 0 aromatic heterocycles. The van der Waals surface area contributed by atoms with Crippen LogP contribution in [0, 0.1) is 5.92 Å². The lowest BCUT2D eigenvalue weighted by atomic mass is 10.0. The largest absolute Gasteiger partial charge is 0.490 e. The average molecular weight is 247 g/mol. The fourth-order valence-electron chi connectivity index (χ4n) is 2.38. The Balaban J connectivity index is 1.62. The number of amides is 1. The summed E-state index contributed by atoms with van der Waals surface area (Å²) < 4.78 is 10.7. The van der Waals surface area contributed by atoms with Crippen molar-refractivity contribution in [2.75, 3.05) is 18.5 Å². The highest BCUT2D eigenvalue weighted by atomic mass is 16.5. The molecular weight excluding hydrogens is 230 g/mol. The van der Waals surface area contributed by atoms with Crippen molar-refractivity contribution in [3.63, 3.8) is 0 Å². The smallest absolute Gasteiger partial charge is 0.224 e. The SMILES string of the molecule is CC1Cc2cc(NC(=O)CC3COC3)ccc2O1. The van der Waals surface area contributed by atoms with Gasteiger partial charge in [0.25, 0.3) is 0 Å². The van der Waals surface area contributed by atoms with Crippen LogP contribution in [0.25, 0.3) is 0 Å². The maximum absolute atomic E-state index is 11.8. The number of benzene rings is 1. The fraction of sp³-hybridized carbons (Fsp3) is 0.500. The number of anilines is 1. The first-order chi connectivity index (χ1) is 8.70. The summed E-state index contributed by atoms with van der Waals surface area (Å²) in [7, 11) is 0. The van der Waals surface area contributed by atoms with E-state index < -0.39 is 0 Å². The third kappa shape index (κ3) is 2.34. The van der Waals surface area contributed by atoms with Crippen LogP contribution in [-0.2, 0) is 16.0 Å². The van der Waals surface area contributed by atoms with Crippen LogP contribution >= 0.6 is 0 Å². The Labute approximate surface area is 106 Å². The highest BCUT2D eigenvalue weighted by Crippen LogP contribution is 2.31. The first-order valence-corrected chi connectivity index (χ1v) is 6.38. The Hall–Kier alpha value is -1.55. The van der Waals surface area contributed by atoms with E-state index in [0.29, 0.717) is 25.6 Å². The van der Waals surface area contributed by atoms with Crippen molar-refractivity contribution in [1.29, 1.82) is 0 Å². The molecule has 0 spiro atoms. The van der Waals surface area contributed by atoms with Crippen LogP contribution < -0.4 is 10.1 Å². The summed E-state index contributed by atoms with van der Waals surface area (Å²) in [6.45, 7) is 3.47. The van der Waals surface area contributed by atoms with Crippen LogP contribution in [0.5, 0.6) is 5.75 Å². The Morgan fingerprint density at radius 2 is 2.28 bits per heavy atom. The summed E-state index contributed by atoms with van der Waals surface area (Å²) in [4.78, 5) is 11.8. The van der Waals surface area contributed by atoms with Gasteiger partial charge in [0, 0.05) is 24.4 Å². The van der Waals surface area contributed by atoms with Gasteiger partial charge in [-0.3, -0.25) is 4.79 Å². The first kappa shape index (κ1) is 11.5. The summed E-state index contributed by atoms with van der Waals surface area (Å²) in [5.74, 6) is 1.39. The second-order valence-electron chi connectivity index (χ2n) is 5.11. The predicted octanol–water partition coefficient (Wildman–Crippen LogP) is 1.98. The summed E-state index contributed by atoms with van der Waals surface area (Å²) in [5.41, 5.74) is 2.03. The molecule has 1 unspecified atom stereocenters. The fourth-order valence-corrected chi connectivity index (χ4v) is 2.38. The van der Waals surface area contributed by atoms with Gasteiger partial charge in [-0.15, -0.1) is 0 Å². The van der Waals surface area contributed by atoms with Gasteiger partial charge in [-0.05, 0) is 30.7 Å². The highest BCUT2D eigenvalue weighted by Gasteiger charge is 2.22. The molecule has 96 valence electrons. The zero-order valence-electron chi connectivity index (χ0n) is 10.4. The minimum Gasteiger partial charge on any atom is -0.490 e. The topological polar surface area (TPSA) is 47.6 Å². The van der Waals surface area contributed by atoms with E-state index in [-0.39, 0.29) is 12.0 Å². The van der Waals surface area contributed by atoms with Crippen LogP contribution in [0.4, 0.5) is 5.69 Å². The number of hydrogen-bond donors (Lipinski definition) is 1. The molecule has 0 radical (unpaired) electrons. The molecule has 0 saturated carbocycles. The second-order valence-corrected chi connectivity index (χ2v) is 5.11. The van der Waals surface area contributed by atoms with E-state index >= 15 is 0 Å². The Morgan fingerprint density at radius 1 is 1.44 bits per heavy atom. The normalized spacial score (nSPS) is 21.9. The molecule has 1 saturated heterocycles. The van der Waals surface area contributed by atoms with Crippen LogP contribution in [0.2, 0.25) is 0 Å². The number of rotatable bonds is 3. The van der Waals surface area contributed by atoms with Crippen LogP contribution in [0.15, 0.2) is 18.2 Å². The van der Waals surface area contributed by atoms with Crippen LogP contribution in [0.1, 0.15) is 18.9 Å². The maximum atomic E-state index is 11.8. The van der Waals surface area contributed by atoms with Crippen molar-refractivity contribution in [3.8, 4) is 5.75 Å². The van der Waals surface area contributed by atoms with E-state index in [1.165, 1.54) is 5.56 Å². The minimum atomic E-state index is 0.0650. The van der Waals surface area contributed by atoms with Crippen molar-refractivity contribution >= 4 is 11.6 Å².